The van der Waals surface area contributed by atoms with Gasteiger partial charge in [-0.05, 0) is 35.9 Å². The van der Waals surface area contributed by atoms with Crippen LogP contribution in [0.3, 0.4) is 0 Å². The molecule has 104 valence electrons. The number of rotatable bonds is 1. The molecule has 5 heteroatoms. The zero-order valence-corrected chi connectivity index (χ0v) is 10.5. The molecule has 3 rings (SSSR count). The summed E-state index contributed by atoms with van der Waals surface area (Å²) in [5.41, 5.74) is 1.04. The predicted octanol–water partition coefficient (Wildman–Crippen LogP) is 1.24. The van der Waals surface area contributed by atoms with Crippen LogP contribution in [0.5, 0.6) is 17.2 Å². The lowest BCUT2D eigenvalue weighted by molar-refractivity contribution is -0.222. The number of phenolic OH excluding ortho intramolecular Hbond substituents is 2. The summed E-state index contributed by atoms with van der Waals surface area (Å²) in [6, 6.07) is 10.3. The van der Waals surface area contributed by atoms with Crippen molar-refractivity contribution in [1.29, 1.82) is 0 Å². The minimum atomic E-state index is -1.91. The van der Waals surface area contributed by atoms with Gasteiger partial charge >= 0.3 is 0 Å². The summed E-state index contributed by atoms with van der Waals surface area (Å²) in [6.07, 6.45) is -0.948. The third-order valence-electron chi connectivity index (χ3n) is 3.46. The van der Waals surface area contributed by atoms with Crippen LogP contribution in [0.15, 0.2) is 42.5 Å². The topological polar surface area (TPSA) is 90.2 Å². The summed E-state index contributed by atoms with van der Waals surface area (Å²) in [7, 11) is 0. The predicted molar refractivity (Wildman–Crippen MR) is 70.4 cm³/mol. The highest BCUT2D eigenvalue weighted by Crippen LogP contribution is 2.39. The van der Waals surface area contributed by atoms with E-state index < -0.39 is 11.9 Å². The highest BCUT2D eigenvalue weighted by Gasteiger charge is 2.44. The monoisotopic (exact) mass is 274 g/mol. The molecule has 1 aliphatic rings. The van der Waals surface area contributed by atoms with E-state index in [9.17, 15) is 20.4 Å². The second-order valence-corrected chi connectivity index (χ2v) is 4.86. The fourth-order valence-corrected chi connectivity index (χ4v) is 2.34. The molecule has 0 amide bonds. The molecule has 0 spiro atoms. The number of phenols is 2. The van der Waals surface area contributed by atoms with Crippen LogP contribution in [0.25, 0.3) is 0 Å². The zero-order chi connectivity index (χ0) is 14.3. The van der Waals surface area contributed by atoms with Crippen LogP contribution >= 0.6 is 0 Å². The molecular weight excluding hydrogens is 260 g/mol. The Morgan fingerprint density at radius 3 is 2.35 bits per heavy atom. The lowest BCUT2D eigenvalue weighted by atomic mass is 9.91. The van der Waals surface area contributed by atoms with Crippen LogP contribution in [0.2, 0.25) is 0 Å². The molecule has 2 unspecified atom stereocenters. The summed E-state index contributed by atoms with van der Waals surface area (Å²) in [6.45, 7) is 0. The summed E-state index contributed by atoms with van der Waals surface area (Å²) in [5, 5.41) is 39.5. The number of aliphatic hydroxyl groups excluding tert-OH is 1. The van der Waals surface area contributed by atoms with Gasteiger partial charge in [0.05, 0.1) is 0 Å². The molecule has 1 aliphatic heterocycles. The first-order valence-corrected chi connectivity index (χ1v) is 6.20. The van der Waals surface area contributed by atoms with E-state index in [0.717, 1.165) is 0 Å². The number of fused-ring (bicyclic) bond motifs is 1. The van der Waals surface area contributed by atoms with Gasteiger partial charge in [-0.25, -0.2) is 0 Å². The van der Waals surface area contributed by atoms with Gasteiger partial charge in [0, 0.05) is 18.1 Å². The lowest BCUT2D eigenvalue weighted by Gasteiger charge is -2.38. The molecule has 2 aromatic carbocycles. The number of benzene rings is 2. The Kier molecular flexibility index (Phi) is 2.81. The number of aromatic hydroxyl groups is 2. The lowest BCUT2D eigenvalue weighted by Crippen LogP contribution is -2.48. The molecule has 1 heterocycles. The Hall–Kier alpha value is -2.24. The molecule has 0 aliphatic carbocycles. The van der Waals surface area contributed by atoms with E-state index in [1.54, 1.807) is 6.07 Å². The van der Waals surface area contributed by atoms with Crippen molar-refractivity contribution in [2.24, 2.45) is 0 Å². The van der Waals surface area contributed by atoms with Gasteiger partial charge in [0.1, 0.15) is 23.4 Å². The molecule has 0 radical (unpaired) electrons. The number of hydrogen-bond acceptors (Lipinski definition) is 5. The van der Waals surface area contributed by atoms with Gasteiger partial charge < -0.3 is 25.2 Å². The molecule has 0 saturated carbocycles. The normalized spacial score (nSPS) is 24.8. The molecule has 2 aromatic rings. The first kappa shape index (κ1) is 12.8. The minimum Gasteiger partial charge on any atom is -0.508 e. The van der Waals surface area contributed by atoms with Crippen LogP contribution in [0.1, 0.15) is 11.1 Å². The van der Waals surface area contributed by atoms with Gasteiger partial charge in [-0.3, -0.25) is 0 Å². The van der Waals surface area contributed by atoms with Crippen molar-refractivity contribution in [2.75, 3.05) is 0 Å². The standard InChI is InChI=1S/C15H14O5/c16-11-5-2-10(3-6-11)15(19)14(18)7-9-1-4-12(17)8-13(9)20-15/h1-6,8,14,16-19H,7H2. The maximum atomic E-state index is 10.6. The summed E-state index contributed by atoms with van der Waals surface area (Å²) in [4.78, 5) is 0. The quantitative estimate of drug-likeness (QED) is 0.628. The van der Waals surface area contributed by atoms with Crippen molar-refractivity contribution < 1.29 is 25.2 Å². The second kappa shape index (κ2) is 4.40. The molecule has 0 aromatic heterocycles. The van der Waals surface area contributed by atoms with Crippen molar-refractivity contribution in [1.82, 2.24) is 0 Å². The van der Waals surface area contributed by atoms with Crippen molar-refractivity contribution in [3.8, 4) is 17.2 Å². The van der Waals surface area contributed by atoms with E-state index in [1.165, 1.54) is 36.4 Å². The molecule has 0 fully saturated rings. The maximum absolute atomic E-state index is 10.6. The Bertz CT molecular complexity index is 637. The van der Waals surface area contributed by atoms with E-state index in [4.69, 9.17) is 4.74 Å². The fraction of sp³-hybridized carbons (Fsp3) is 0.200. The van der Waals surface area contributed by atoms with Crippen LogP contribution in [0.4, 0.5) is 0 Å². The van der Waals surface area contributed by atoms with Crippen LogP contribution < -0.4 is 4.74 Å². The van der Waals surface area contributed by atoms with Crippen LogP contribution in [-0.2, 0) is 12.2 Å². The van der Waals surface area contributed by atoms with E-state index in [0.29, 0.717) is 16.9 Å². The van der Waals surface area contributed by atoms with Gasteiger partial charge in [0.15, 0.2) is 0 Å². The Morgan fingerprint density at radius 2 is 1.65 bits per heavy atom. The van der Waals surface area contributed by atoms with E-state index >= 15 is 0 Å². The summed E-state index contributed by atoms with van der Waals surface area (Å²) < 4.78 is 5.50. The molecule has 4 N–H and O–H groups in total. The van der Waals surface area contributed by atoms with E-state index in [2.05, 4.69) is 0 Å². The van der Waals surface area contributed by atoms with Gasteiger partial charge in [-0.2, -0.15) is 0 Å². The Morgan fingerprint density at radius 1 is 1.00 bits per heavy atom. The largest absolute Gasteiger partial charge is 0.508 e. The molecule has 2 atom stereocenters. The Labute approximate surface area is 115 Å². The average molecular weight is 274 g/mol. The third-order valence-corrected chi connectivity index (χ3v) is 3.46. The third kappa shape index (κ3) is 1.97. The Balaban J connectivity index is 2.04. The van der Waals surface area contributed by atoms with Crippen molar-refractivity contribution in [2.45, 2.75) is 18.3 Å². The number of ether oxygens (including phenoxy) is 1. The summed E-state index contributed by atoms with van der Waals surface area (Å²) in [5.74, 6) is -1.51. The van der Waals surface area contributed by atoms with Crippen LogP contribution in [-0.4, -0.2) is 26.5 Å². The first-order chi connectivity index (χ1) is 9.49. The summed E-state index contributed by atoms with van der Waals surface area (Å²) >= 11 is 0. The van der Waals surface area contributed by atoms with Crippen molar-refractivity contribution >= 4 is 0 Å². The second-order valence-electron chi connectivity index (χ2n) is 4.86. The molecular formula is C15H14O5. The highest BCUT2D eigenvalue weighted by atomic mass is 16.6. The smallest absolute Gasteiger partial charge is 0.261 e. The first-order valence-electron chi connectivity index (χ1n) is 6.20. The van der Waals surface area contributed by atoms with Gasteiger partial charge in [0.25, 0.3) is 5.79 Å². The van der Waals surface area contributed by atoms with Gasteiger partial charge in [-0.15, -0.1) is 0 Å². The number of hydrogen-bond donors (Lipinski definition) is 4. The van der Waals surface area contributed by atoms with E-state index in [1.807, 2.05) is 0 Å². The van der Waals surface area contributed by atoms with Gasteiger partial charge in [0.2, 0.25) is 0 Å². The maximum Gasteiger partial charge on any atom is 0.261 e. The molecule has 5 nitrogen and oxygen atoms in total. The molecule has 20 heavy (non-hydrogen) atoms. The van der Waals surface area contributed by atoms with Crippen LogP contribution in [0, 0.1) is 0 Å². The van der Waals surface area contributed by atoms with Crippen molar-refractivity contribution in [3.63, 3.8) is 0 Å². The molecule has 0 saturated heterocycles. The SMILES string of the molecule is Oc1ccc(C2(O)Oc3cc(O)ccc3CC2O)cc1. The average Bonchev–Trinajstić information content (AvgIpc) is 2.41. The molecule has 0 bridgehead atoms. The fourth-order valence-electron chi connectivity index (χ4n) is 2.34. The minimum absolute atomic E-state index is 0.0215. The highest BCUT2D eigenvalue weighted by molar-refractivity contribution is 5.44. The number of aliphatic hydroxyl groups is 2. The zero-order valence-electron chi connectivity index (χ0n) is 10.5. The van der Waals surface area contributed by atoms with E-state index in [-0.39, 0.29) is 17.9 Å². The van der Waals surface area contributed by atoms with Crippen molar-refractivity contribution in [3.05, 3.63) is 53.6 Å². The van der Waals surface area contributed by atoms with Gasteiger partial charge in [-0.1, -0.05) is 6.07 Å².